The van der Waals surface area contributed by atoms with E-state index in [0.29, 0.717) is 22.8 Å². The number of benzene rings is 4. The molecular weight excluding hydrogens is 498 g/mol. The number of carbonyl (C=O) groups excluding carboxylic acids is 2. The molecule has 1 heterocycles. The Balaban J connectivity index is 1.41. The van der Waals surface area contributed by atoms with Gasteiger partial charge in [0, 0.05) is 30.9 Å². The van der Waals surface area contributed by atoms with Crippen LogP contribution >= 0.6 is 0 Å². The molecular formula is C34H29N3O3. The van der Waals surface area contributed by atoms with Gasteiger partial charge in [0.1, 0.15) is 17.3 Å². The average molecular weight is 528 g/mol. The third-order valence-corrected chi connectivity index (χ3v) is 6.56. The molecule has 0 aliphatic carbocycles. The van der Waals surface area contributed by atoms with Gasteiger partial charge in [-0.05, 0) is 71.8 Å². The molecule has 0 saturated carbocycles. The fourth-order valence-electron chi connectivity index (χ4n) is 4.32. The summed E-state index contributed by atoms with van der Waals surface area (Å²) in [5.41, 5.74) is 5.18. The van der Waals surface area contributed by atoms with Gasteiger partial charge in [-0.2, -0.15) is 0 Å². The van der Waals surface area contributed by atoms with Crippen LogP contribution in [-0.4, -0.2) is 38.7 Å². The normalized spacial score (nSPS) is 14.1. The molecule has 0 radical (unpaired) electrons. The molecule has 0 spiro atoms. The number of carbonyl (C=O) groups is 2. The van der Waals surface area contributed by atoms with Gasteiger partial charge in [0.05, 0.1) is 12.8 Å². The van der Waals surface area contributed by atoms with E-state index in [2.05, 4.69) is 0 Å². The predicted octanol–water partition coefficient (Wildman–Crippen LogP) is 6.49. The fourth-order valence-corrected chi connectivity index (χ4v) is 4.32. The zero-order chi connectivity index (χ0) is 28.1. The number of nitrogens with zero attached hydrogens (tertiary/aromatic N) is 3. The number of hydrogen-bond donors (Lipinski definition) is 0. The Hall–Kier alpha value is -5.23. The number of allylic oxidation sites excluding steroid dienone is 1. The van der Waals surface area contributed by atoms with Crippen LogP contribution in [0.5, 0.6) is 5.75 Å². The molecule has 4 aromatic rings. The van der Waals surface area contributed by atoms with Crippen LogP contribution in [0, 0.1) is 0 Å². The zero-order valence-electron chi connectivity index (χ0n) is 22.6. The minimum absolute atomic E-state index is 0.131. The molecule has 40 heavy (non-hydrogen) atoms. The van der Waals surface area contributed by atoms with Crippen molar-refractivity contribution < 1.29 is 14.3 Å². The molecule has 1 amide bonds. The second kappa shape index (κ2) is 11.7. The summed E-state index contributed by atoms with van der Waals surface area (Å²) in [6, 6.07) is 32.0. The predicted molar refractivity (Wildman–Crippen MR) is 162 cm³/mol. The number of ketones is 1. The lowest BCUT2D eigenvalue weighted by Gasteiger charge is -2.18. The van der Waals surface area contributed by atoms with Crippen molar-refractivity contribution in [1.82, 2.24) is 0 Å². The molecule has 0 atom stereocenters. The maximum absolute atomic E-state index is 13.6. The molecule has 5 rings (SSSR count). The van der Waals surface area contributed by atoms with Gasteiger partial charge < -0.3 is 9.64 Å². The van der Waals surface area contributed by atoms with E-state index in [1.165, 1.54) is 6.08 Å². The molecule has 6 heteroatoms. The van der Waals surface area contributed by atoms with Crippen LogP contribution in [0.3, 0.4) is 0 Å². The molecule has 0 aromatic heterocycles. The van der Waals surface area contributed by atoms with Gasteiger partial charge in [0.25, 0.3) is 5.91 Å². The van der Waals surface area contributed by atoms with Gasteiger partial charge in [-0.3, -0.25) is 14.5 Å². The van der Waals surface area contributed by atoms with Crippen molar-refractivity contribution >= 4 is 41.1 Å². The zero-order valence-corrected chi connectivity index (χ0v) is 22.6. The molecule has 0 bridgehead atoms. The first kappa shape index (κ1) is 26.4. The highest BCUT2D eigenvalue weighted by molar-refractivity contribution is 6.33. The summed E-state index contributed by atoms with van der Waals surface area (Å²) in [5.74, 6) is 0.942. The standard InChI is InChI=1S/C34H29N3O3/c1-36(2)28-16-9-25(10-17-28)23-31-34(39)37(33(35-31)27-7-5-4-6-8-27)29-18-14-26(15-19-29)32(38)22-13-24-11-20-30(40-3)21-12-24/h4-23H,1-3H3. The molecule has 0 saturated heterocycles. The van der Waals surface area contributed by atoms with Crippen LogP contribution in [0.15, 0.2) is 120 Å². The summed E-state index contributed by atoms with van der Waals surface area (Å²) in [4.78, 5) is 34.8. The molecule has 0 fully saturated rings. The highest BCUT2D eigenvalue weighted by atomic mass is 16.5. The Bertz CT molecular complexity index is 1600. The van der Waals surface area contributed by atoms with E-state index in [-0.39, 0.29) is 11.7 Å². The van der Waals surface area contributed by atoms with Gasteiger partial charge in [-0.15, -0.1) is 0 Å². The van der Waals surface area contributed by atoms with Gasteiger partial charge in [-0.25, -0.2) is 4.99 Å². The number of hydrogen-bond acceptors (Lipinski definition) is 5. The molecule has 198 valence electrons. The third kappa shape index (κ3) is 5.76. The van der Waals surface area contributed by atoms with E-state index in [1.807, 2.05) is 97.9 Å². The van der Waals surface area contributed by atoms with Crippen molar-refractivity contribution in [1.29, 1.82) is 0 Å². The van der Waals surface area contributed by atoms with E-state index in [4.69, 9.17) is 9.73 Å². The average Bonchev–Trinajstić information content (AvgIpc) is 3.32. The number of rotatable bonds is 8. The van der Waals surface area contributed by atoms with Crippen molar-refractivity contribution in [3.05, 3.63) is 137 Å². The second-order valence-electron chi connectivity index (χ2n) is 9.48. The maximum Gasteiger partial charge on any atom is 0.282 e. The van der Waals surface area contributed by atoms with E-state index >= 15 is 0 Å². The molecule has 6 nitrogen and oxygen atoms in total. The number of methoxy groups -OCH3 is 1. The number of anilines is 2. The van der Waals surface area contributed by atoms with Gasteiger partial charge >= 0.3 is 0 Å². The lowest BCUT2D eigenvalue weighted by molar-refractivity contribution is -0.113. The van der Waals surface area contributed by atoms with Crippen molar-refractivity contribution in [3.63, 3.8) is 0 Å². The Labute approximate surface area is 234 Å². The number of amidine groups is 1. The first-order valence-electron chi connectivity index (χ1n) is 12.9. The fraction of sp³-hybridized carbons (Fsp3) is 0.0882. The largest absolute Gasteiger partial charge is 0.497 e. The first-order valence-corrected chi connectivity index (χ1v) is 12.9. The summed E-state index contributed by atoms with van der Waals surface area (Å²) in [6.07, 6.45) is 5.10. The number of amides is 1. The van der Waals surface area contributed by atoms with Crippen LogP contribution in [0.25, 0.3) is 12.2 Å². The van der Waals surface area contributed by atoms with E-state index in [1.54, 1.807) is 48.4 Å². The summed E-state index contributed by atoms with van der Waals surface area (Å²) in [5, 5.41) is 0. The minimum Gasteiger partial charge on any atom is -0.497 e. The molecule has 0 N–H and O–H groups in total. The Morgan fingerprint density at radius 1 is 0.825 bits per heavy atom. The SMILES string of the molecule is COc1ccc(C=CC(=O)c2ccc(N3C(=O)C(=Cc4ccc(N(C)C)cc4)N=C3c3ccccc3)cc2)cc1. The summed E-state index contributed by atoms with van der Waals surface area (Å²) in [6.45, 7) is 0. The summed E-state index contributed by atoms with van der Waals surface area (Å²) >= 11 is 0. The topological polar surface area (TPSA) is 62.2 Å². The van der Waals surface area contributed by atoms with Crippen LogP contribution in [-0.2, 0) is 4.79 Å². The monoisotopic (exact) mass is 527 g/mol. The van der Waals surface area contributed by atoms with E-state index in [9.17, 15) is 9.59 Å². The first-order chi connectivity index (χ1) is 19.4. The van der Waals surface area contributed by atoms with Crippen molar-refractivity contribution in [2.75, 3.05) is 31.0 Å². The van der Waals surface area contributed by atoms with Crippen molar-refractivity contribution in [3.8, 4) is 5.75 Å². The van der Waals surface area contributed by atoms with Gasteiger partial charge in [0.15, 0.2) is 5.78 Å². The van der Waals surface area contributed by atoms with Crippen molar-refractivity contribution in [2.24, 2.45) is 4.99 Å². The molecule has 4 aromatic carbocycles. The Kier molecular flexibility index (Phi) is 7.69. The minimum atomic E-state index is -0.228. The molecule has 1 aliphatic rings. The highest BCUT2D eigenvalue weighted by Crippen LogP contribution is 2.29. The van der Waals surface area contributed by atoms with E-state index < -0.39 is 0 Å². The number of ether oxygens (including phenoxy) is 1. The highest BCUT2D eigenvalue weighted by Gasteiger charge is 2.32. The molecule has 1 aliphatic heterocycles. The third-order valence-electron chi connectivity index (χ3n) is 6.56. The smallest absolute Gasteiger partial charge is 0.282 e. The summed E-state index contributed by atoms with van der Waals surface area (Å²) < 4.78 is 5.18. The lowest BCUT2D eigenvalue weighted by atomic mass is 10.1. The maximum atomic E-state index is 13.6. The molecule has 0 unspecified atom stereocenters. The van der Waals surface area contributed by atoms with Crippen LogP contribution in [0.4, 0.5) is 11.4 Å². The van der Waals surface area contributed by atoms with Gasteiger partial charge in [0.2, 0.25) is 0 Å². The lowest BCUT2D eigenvalue weighted by Crippen LogP contribution is -2.32. The van der Waals surface area contributed by atoms with Crippen LogP contribution in [0.1, 0.15) is 27.0 Å². The second-order valence-corrected chi connectivity index (χ2v) is 9.48. The van der Waals surface area contributed by atoms with Crippen LogP contribution < -0.4 is 14.5 Å². The van der Waals surface area contributed by atoms with Crippen LogP contribution in [0.2, 0.25) is 0 Å². The Morgan fingerprint density at radius 2 is 1.48 bits per heavy atom. The Morgan fingerprint density at radius 3 is 2.10 bits per heavy atom. The van der Waals surface area contributed by atoms with E-state index in [0.717, 1.165) is 28.1 Å². The van der Waals surface area contributed by atoms with Gasteiger partial charge in [-0.1, -0.05) is 60.7 Å². The summed E-state index contributed by atoms with van der Waals surface area (Å²) in [7, 11) is 5.58. The quantitative estimate of drug-likeness (QED) is 0.194. The van der Waals surface area contributed by atoms with Crippen molar-refractivity contribution in [2.45, 2.75) is 0 Å². The number of aliphatic imine (C=N–C) groups is 1.